The molecule has 1 heterocycles. The van der Waals surface area contributed by atoms with Crippen LogP contribution in [0.2, 0.25) is 0 Å². The number of aromatic nitrogens is 1. The zero-order valence-corrected chi connectivity index (χ0v) is 16.0. The molecule has 0 bridgehead atoms. The number of carbonyl (C=O) groups excluding carboxylic acids is 1. The van der Waals surface area contributed by atoms with Gasteiger partial charge in [0.25, 0.3) is 0 Å². The highest BCUT2D eigenvalue weighted by molar-refractivity contribution is 5.90. The zero-order chi connectivity index (χ0) is 19.6. The number of nitrogens with one attached hydrogen (secondary N) is 2. The number of hydrogen-bond acceptors (Lipinski definition) is 4. The van der Waals surface area contributed by atoms with Crippen molar-refractivity contribution < 1.29 is 9.53 Å². The van der Waals surface area contributed by atoms with Gasteiger partial charge in [0.2, 0.25) is 5.91 Å². The van der Waals surface area contributed by atoms with E-state index in [-0.39, 0.29) is 5.91 Å². The predicted molar refractivity (Wildman–Crippen MR) is 113 cm³/mol. The van der Waals surface area contributed by atoms with E-state index in [1.165, 1.54) is 5.56 Å². The maximum Gasteiger partial charge on any atom is 0.224 e. The first-order valence-electron chi connectivity index (χ1n) is 9.39. The molecule has 0 spiro atoms. The van der Waals surface area contributed by atoms with Crippen molar-refractivity contribution in [2.75, 3.05) is 24.3 Å². The molecule has 3 aromatic rings. The van der Waals surface area contributed by atoms with Gasteiger partial charge < -0.3 is 15.4 Å². The van der Waals surface area contributed by atoms with Crippen molar-refractivity contribution in [2.24, 2.45) is 0 Å². The quantitative estimate of drug-likeness (QED) is 0.585. The number of hydrogen-bond donors (Lipinski definition) is 2. The van der Waals surface area contributed by atoms with Gasteiger partial charge in [0.05, 0.1) is 19.0 Å². The fourth-order valence-corrected chi connectivity index (χ4v) is 2.86. The molecule has 0 aliphatic carbocycles. The highest BCUT2D eigenvalue weighted by Crippen LogP contribution is 2.14. The molecule has 0 saturated carbocycles. The minimum Gasteiger partial charge on any atom is -0.497 e. The van der Waals surface area contributed by atoms with Crippen LogP contribution >= 0.6 is 0 Å². The third-order valence-corrected chi connectivity index (χ3v) is 4.38. The van der Waals surface area contributed by atoms with Crippen LogP contribution in [0.1, 0.15) is 17.5 Å². The second-order valence-corrected chi connectivity index (χ2v) is 6.49. The van der Waals surface area contributed by atoms with E-state index in [2.05, 4.69) is 21.7 Å². The van der Waals surface area contributed by atoms with Gasteiger partial charge in [-0.2, -0.15) is 0 Å². The van der Waals surface area contributed by atoms with E-state index in [0.29, 0.717) is 12.1 Å². The van der Waals surface area contributed by atoms with E-state index in [0.717, 1.165) is 36.5 Å². The average Bonchev–Trinajstić information content (AvgIpc) is 2.74. The van der Waals surface area contributed by atoms with Crippen molar-refractivity contribution >= 4 is 17.4 Å². The van der Waals surface area contributed by atoms with Crippen LogP contribution in [0.25, 0.3) is 0 Å². The van der Waals surface area contributed by atoms with Gasteiger partial charge >= 0.3 is 0 Å². The molecule has 5 nitrogen and oxygen atoms in total. The molecular formula is C23H25N3O2. The number of anilines is 2. The summed E-state index contributed by atoms with van der Waals surface area (Å²) >= 11 is 0. The number of aryl methyl sites for hydroxylation is 1. The summed E-state index contributed by atoms with van der Waals surface area (Å²) in [5, 5.41) is 6.18. The summed E-state index contributed by atoms with van der Waals surface area (Å²) in [7, 11) is 1.67. The highest BCUT2D eigenvalue weighted by Gasteiger charge is 2.04. The van der Waals surface area contributed by atoms with E-state index in [9.17, 15) is 4.79 Å². The smallest absolute Gasteiger partial charge is 0.224 e. The van der Waals surface area contributed by atoms with E-state index in [4.69, 9.17) is 4.74 Å². The van der Waals surface area contributed by atoms with Gasteiger partial charge in [0.1, 0.15) is 11.6 Å². The van der Waals surface area contributed by atoms with Crippen LogP contribution in [0.15, 0.2) is 72.9 Å². The molecule has 0 radical (unpaired) electrons. The molecule has 28 heavy (non-hydrogen) atoms. The van der Waals surface area contributed by atoms with Crippen LogP contribution in [-0.4, -0.2) is 24.5 Å². The van der Waals surface area contributed by atoms with Gasteiger partial charge in [-0.25, -0.2) is 4.98 Å². The summed E-state index contributed by atoms with van der Waals surface area (Å²) in [5.74, 6) is 1.64. The predicted octanol–water partition coefficient (Wildman–Crippen LogP) is 4.32. The summed E-state index contributed by atoms with van der Waals surface area (Å²) in [6.07, 6.45) is 3.72. The Morgan fingerprint density at radius 2 is 1.79 bits per heavy atom. The lowest BCUT2D eigenvalue weighted by Gasteiger charge is -2.09. The molecule has 1 aromatic heterocycles. The van der Waals surface area contributed by atoms with Gasteiger partial charge in [0, 0.05) is 13.0 Å². The Balaban J connectivity index is 1.42. The summed E-state index contributed by atoms with van der Waals surface area (Å²) in [6.45, 7) is 0.767. The molecule has 144 valence electrons. The normalized spacial score (nSPS) is 10.3. The minimum absolute atomic E-state index is 0.00983. The third kappa shape index (κ3) is 6.13. The van der Waals surface area contributed by atoms with Crippen molar-refractivity contribution in [3.8, 4) is 5.75 Å². The second kappa shape index (κ2) is 10.1. The molecule has 2 N–H and O–H groups in total. The van der Waals surface area contributed by atoms with Crippen molar-refractivity contribution in [1.82, 2.24) is 4.98 Å². The van der Waals surface area contributed by atoms with Crippen LogP contribution in [0.4, 0.5) is 11.5 Å². The monoisotopic (exact) mass is 375 g/mol. The number of ether oxygens (including phenoxy) is 1. The van der Waals surface area contributed by atoms with Crippen molar-refractivity contribution in [2.45, 2.75) is 19.3 Å². The van der Waals surface area contributed by atoms with Crippen molar-refractivity contribution in [3.05, 3.63) is 84.1 Å². The number of amides is 1. The lowest BCUT2D eigenvalue weighted by Crippen LogP contribution is -2.13. The van der Waals surface area contributed by atoms with Crippen LogP contribution in [0.5, 0.6) is 5.75 Å². The van der Waals surface area contributed by atoms with E-state index in [1.54, 1.807) is 13.3 Å². The van der Waals surface area contributed by atoms with Gasteiger partial charge in [-0.1, -0.05) is 42.5 Å². The first kappa shape index (κ1) is 19.4. The number of benzene rings is 2. The number of carbonyl (C=O) groups is 1. The minimum atomic E-state index is -0.00983. The molecule has 0 atom stereocenters. The fourth-order valence-electron chi connectivity index (χ4n) is 2.86. The Bertz CT molecular complexity index is 880. The standard InChI is InChI=1S/C23H25N3O2/c1-28-21-9-5-8-19(16-21)14-15-24-22-12-11-20(17-25-22)26-23(27)13-10-18-6-3-2-4-7-18/h2-9,11-12,16-17H,10,13-15H2,1H3,(H,24,25)(H,26,27). The molecule has 5 heteroatoms. The molecular weight excluding hydrogens is 350 g/mol. The van der Waals surface area contributed by atoms with Crippen molar-refractivity contribution in [3.63, 3.8) is 0 Å². The molecule has 0 fully saturated rings. The molecule has 0 aliphatic rings. The Morgan fingerprint density at radius 3 is 2.54 bits per heavy atom. The number of rotatable bonds is 9. The second-order valence-electron chi connectivity index (χ2n) is 6.49. The molecule has 2 aromatic carbocycles. The Morgan fingerprint density at radius 1 is 0.964 bits per heavy atom. The zero-order valence-electron chi connectivity index (χ0n) is 16.0. The van der Waals surface area contributed by atoms with Gasteiger partial charge in [0.15, 0.2) is 0 Å². The number of methoxy groups -OCH3 is 1. The summed E-state index contributed by atoms with van der Waals surface area (Å²) < 4.78 is 5.24. The van der Waals surface area contributed by atoms with Gasteiger partial charge in [-0.05, 0) is 48.2 Å². The Labute approximate surface area is 165 Å². The van der Waals surface area contributed by atoms with Crippen LogP contribution < -0.4 is 15.4 Å². The topological polar surface area (TPSA) is 63.2 Å². The van der Waals surface area contributed by atoms with Gasteiger partial charge in [-0.3, -0.25) is 4.79 Å². The van der Waals surface area contributed by atoms with E-state index >= 15 is 0 Å². The molecule has 0 unspecified atom stereocenters. The third-order valence-electron chi connectivity index (χ3n) is 4.38. The van der Waals surface area contributed by atoms with Crippen LogP contribution in [0.3, 0.4) is 0 Å². The average molecular weight is 375 g/mol. The SMILES string of the molecule is COc1cccc(CCNc2ccc(NC(=O)CCc3ccccc3)cn2)c1. The molecule has 0 saturated heterocycles. The molecule has 1 amide bonds. The summed E-state index contributed by atoms with van der Waals surface area (Å²) in [5.41, 5.74) is 3.07. The maximum atomic E-state index is 12.1. The Kier molecular flexibility index (Phi) is 7.01. The van der Waals surface area contributed by atoms with E-state index < -0.39 is 0 Å². The molecule has 3 rings (SSSR count). The Hall–Kier alpha value is -3.34. The maximum absolute atomic E-state index is 12.1. The largest absolute Gasteiger partial charge is 0.497 e. The first-order valence-corrected chi connectivity index (χ1v) is 9.39. The molecule has 0 aliphatic heterocycles. The van der Waals surface area contributed by atoms with Crippen LogP contribution in [-0.2, 0) is 17.6 Å². The summed E-state index contributed by atoms with van der Waals surface area (Å²) in [4.78, 5) is 16.5. The summed E-state index contributed by atoms with van der Waals surface area (Å²) in [6, 6.07) is 21.8. The lowest BCUT2D eigenvalue weighted by molar-refractivity contribution is -0.116. The first-order chi connectivity index (χ1) is 13.7. The van der Waals surface area contributed by atoms with Gasteiger partial charge in [-0.15, -0.1) is 0 Å². The lowest BCUT2D eigenvalue weighted by atomic mass is 10.1. The number of nitrogens with zero attached hydrogens (tertiary/aromatic N) is 1. The fraction of sp³-hybridized carbons (Fsp3) is 0.217. The number of pyridine rings is 1. The van der Waals surface area contributed by atoms with Crippen LogP contribution in [0, 0.1) is 0 Å². The highest BCUT2D eigenvalue weighted by atomic mass is 16.5. The van der Waals surface area contributed by atoms with Crippen molar-refractivity contribution in [1.29, 1.82) is 0 Å². The van der Waals surface area contributed by atoms with E-state index in [1.807, 2.05) is 60.7 Å².